The van der Waals surface area contributed by atoms with Gasteiger partial charge in [0.15, 0.2) is 5.69 Å². The summed E-state index contributed by atoms with van der Waals surface area (Å²) in [6, 6.07) is 18.8. The molecule has 2 heterocycles. The second-order valence-electron chi connectivity index (χ2n) is 8.48. The molecule has 1 amide bonds. The van der Waals surface area contributed by atoms with Gasteiger partial charge in [-0.3, -0.25) is 14.3 Å². The minimum absolute atomic E-state index is 0.0159. The zero-order chi connectivity index (χ0) is 23.9. The maximum Gasteiger partial charge on any atom is 0.313 e. The van der Waals surface area contributed by atoms with Crippen LogP contribution in [0.1, 0.15) is 50.0 Å². The molecule has 0 saturated carbocycles. The van der Waals surface area contributed by atoms with E-state index in [4.69, 9.17) is 0 Å². The van der Waals surface area contributed by atoms with Crippen LogP contribution in [0.3, 0.4) is 0 Å². The van der Waals surface area contributed by atoms with Crippen LogP contribution >= 0.6 is 0 Å². The van der Waals surface area contributed by atoms with Crippen LogP contribution in [-0.2, 0) is 6.67 Å². The highest BCUT2D eigenvalue weighted by atomic mass is 16.3. The molecule has 0 aliphatic heterocycles. The van der Waals surface area contributed by atoms with E-state index in [2.05, 4.69) is 34.0 Å². The Kier molecular flexibility index (Phi) is 7.65. The molecule has 4 rings (SSSR count). The molecule has 7 nitrogen and oxygen atoms in total. The SMILES string of the molecule is CCCCN(CCCC)Cn1c(O)c(N=NC(=O)c2ccc3ccccc3n2)c2ccccc21. The van der Waals surface area contributed by atoms with Crippen molar-refractivity contribution < 1.29 is 9.90 Å². The molecule has 0 aliphatic carbocycles. The summed E-state index contributed by atoms with van der Waals surface area (Å²) in [5.41, 5.74) is 2.11. The first kappa shape index (κ1) is 23.6. The van der Waals surface area contributed by atoms with Gasteiger partial charge in [-0.05, 0) is 44.1 Å². The van der Waals surface area contributed by atoms with E-state index in [0.717, 1.165) is 60.6 Å². The minimum atomic E-state index is -0.547. The molecule has 0 fully saturated rings. The van der Waals surface area contributed by atoms with Crippen LogP contribution in [0.15, 0.2) is 70.9 Å². The first-order valence-corrected chi connectivity index (χ1v) is 12.0. The number of fused-ring (bicyclic) bond motifs is 2. The van der Waals surface area contributed by atoms with E-state index in [1.54, 1.807) is 6.07 Å². The minimum Gasteiger partial charge on any atom is -0.493 e. The fourth-order valence-corrected chi connectivity index (χ4v) is 4.06. The normalized spacial score (nSPS) is 11.9. The summed E-state index contributed by atoms with van der Waals surface area (Å²) in [4.78, 5) is 19.5. The summed E-state index contributed by atoms with van der Waals surface area (Å²) >= 11 is 0. The molecule has 0 bridgehead atoms. The van der Waals surface area contributed by atoms with Crippen molar-refractivity contribution in [3.63, 3.8) is 0 Å². The Morgan fingerprint density at radius 2 is 1.68 bits per heavy atom. The molecule has 1 N–H and O–H groups in total. The van der Waals surface area contributed by atoms with Gasteiger partial charge in [-0.1, -0.05) is 69.2 Å². The molecule has 0 saturated heterocycles. The third-order valence-electron chi connectivity index (χ3n) is 5.97. The lowest BCUT2D eigenvalue weighted by atomic mass is 10.2. The zero-order valence-corrected chi connectivity index (χ0v) is 19.8. The number of carbonyl (C=O) groups is 1. The topological polar surface area (TPSA) is 83.1 Å². The van der Waals surface area contributed by atoms with Crippen molar-refractivity contribution in [2.24, 2.45) is 10.2 Å². The van der Waals surface area contributed by atoms with Crippen LogP contribution in [-0.4, -0.2) is 38.6 Å². The molecular weight excluding hydrogens is 426 g/mol. The van der Waals surface area contributed by atoms with Crippen molar-refractivity contribution in [3.8, 4) is 5.88 Å². The van der Waals surface area contributed by atoms with E-state index in [1.807, 2.05) is 59.2 Å². The van der Waals surface area contributed by atoms with E-state index in [-0.39, 0.29) is 11.6 Å². The Labute approximate surface area is 199 Å². The molecule has 0 aliphatic rings. The summed E-state index contributed by atoms with van der Waals surface area (Å²) in [6.45, 7) is 6.85. The first-order valence-electron chi connectivity index (χ1n) is 12.0. The summed E-state index contributed by atoms with van der Waals surface area (Å²) in [5.74, 6) is -0.531. The number of rotatable bonds is 10. The van der Waals surface area contributed by atoms with Gasteiger partial charge in [0.1, 0.15) is 5.69 Å². The smallest absolute Gasteiger partial charge is 0.313 e. The molecule has 7 heteroatoms. The number of aromatic nitrogens is 2. The van der Waals surface area contributed by atoms with Gasteiger partial charge >= 0.3 is 5.91 Å². The Bertz CT molecular complexity index is 1300. The highest BCUT2D eigenvalue weighted by Gasteiger charge is 2.19. The van der Waals surface area contributed by atoms with Crippen LogP contribution in [0.25, 0.3) is 21.8 Å². The Hall–Kier alpha value is -3.58. The van der Waals surface area contributed by atoms with Crippen molar-refractivity contribution >= 4 is 33.4 Å². The molecule has 2 aromatic heterocycles. The van der Waals surface area contributed by atoms with Crippen molar-refractivity contribution in [3.05, 3.63) is 66.4 Å². The summed E-state index contributed by atoms with van der Waals surface area (Å²) in [5, 5.41) is 20.9. The lowest BCUT2D eigenvalue weighted by Gasteiger charge is -2.23. The number of carbonyl (C=O) groups excluding carboxylic acids is 1. The van der Waals surface area contributed by atoms with Crippen LogP contribution in [0.5, 0.6) is 5.88 Å². The number of nitrogens with zero attached hydrogens (tertiary/aromatic N) is 5. The number of aromatic hydroxyl groups is 1. The molecule has 0 radical (unpaired) electrons. The molecule has 0 unspecified atom stereocenters. The Morgan fingerprint density at radius 1 is 0.971 bits per heavy atom. The fraction of sp³-hybridized carbons (Fsp3) is 0.333. The number of pyridine rings is 1. The van der Waals surface area contributed by atoms with Gasteiger partial charge < -0.3 is 5.11 Å². The predicted molar refractivity (Wildman–Crippen MR) is 136 cm³/mol. The average molecular weight is 458 g/mol. The van der Waals surface area contributed by atoms with Crippen LogP contribution in [0, 0.1) is 0 Å². The van der Waals surface area contributed by atoms with E-state index in [0.29, 0.717) is 12.4 Å². The van der Waals surface area contributed by atoms with Gasteiger partial charge in [-0.2, -0.15) is 0 Å². The second kappa shape index (κ2) is 11.0. The molecule has 2 aromatic carbocycles. The Balaban J connectivity index is 1.63. The van der Waals surface area contributed by atoms with E-state index < -0.39 is 5.91 Å². The monoisotopic (exact) mass is 457 g/mol. The number of azo groups is 1. The highest BCUT2D eigenvalue weighted by molar-refractivity contribution is 5.97. The van der Waals surface area contributed by atoms with Gasteiger partial charge in [0, 0.05) is 10.8 Å². The lowest BCUT2D eigenvalue weighted by Crippen LogP contribution is -2.28. The largest absolute Gasteiger partial charge is 0.493 e. The second-order valence-corrected chi connectivity index (χ2v) is 8.48. The van der Waals surface area contributed by atoms with E-state index >= 15 is 0 Å². The van der Waals surface area contributed by atoms with Gasteiger partial charge in [-0.15, -0.1) is 10.2 Å². The number of hydrogen-bond donors (Lipinski definition) is 1. The third kappa shape index (κ3) is 5.15. The van der Waals surface area contributed by atoms with Crippen LogP contribution < -0.4 is 0 Å². The van der Waals surface area contributed by atoms with Crippen molar-refractivity contribution in [2.45, 2.75) is 46.2 Å². The highest BCUT2D eigenvalue weighted by Crippen LogP contribution is 2.39. The first-order chi connectivity index (χ1) is 16.6. The number of unbranched alkanes of at least 4 members (excludes halogenated alkanes) is 2. The van der Waals surface area contributed by atoms with E-state index in [9.17, 15) is 9.90 Å². The maximum atomic E-state index is 12.7. The molecule has 34 heavy (non-hydrogen) atoms. The van der Waals surface area contributed by atoms with Gasteiger partial charge in [0.05, 0.1) is 17.7 Å². The number of hydrogen-bond acceptors (Lipinski definition) is 5. The molecule has 4 aromatic rings. The summed E-state index contributed by atoms with van der Waals surface area (Å²) in [6.07, 6.45) is 4.43. The van der Waals surface area contributed by atoms with Crippen LogP contribution in [0.2, 0.25) is 0 Å². The lowest BCUT2D eigenvalue weighted by molar-refractivity contribution is 0.0990. The summed E-state index contributed by atoms with van der Waals surface area (Å²) in [7, 11) is 0. The number of benzene rings is 2. The fourth-order valence-electron chi connectivity index (χ4n) is 4.06. The van der Waals surface area contributed by atoms with Crippen molar-refractivity contribution in [1.82, 2.24) is 14.5 Å². The van der Waals surface area contributed by atoms with E-state index in [1.165, 1.54) is 0 Å². The zero-order valence-electron chi connectivity index (χ0n) is 19.8. The maximum absolute atomic E-state index is 12.7. The molecule has 176 valence electrons. The van der Waals surface area contributed by atoms with Crippen LogP contribution in [0.4, 0.5) is 5.69 Å². The number of para-hydroxylation sites is 2. The van der Waals surface area contributed by atoms with Gasteiger partial charge in [-0.25, -0.2) is 4.98 Å². The Morgan fingerprint density at radius 3 is 2.44 bits per heavy atom. The standard InChI is InChI=1S/C27H31N5O2/c1-3-5-17-31(18-6-4-2)19-32-24-14-10-8-12-21(24)25(27(32)34)29-30-26(33)23-16-15-20-11-7-9-13-22(20)28-23/h7-16,34H,3-6,17-19H2,1-2H3. The number of amides is 1. The molecule has 0 atom stereocenters. The average Bonchev–Trinajstić information content (AvgIpc) is 3.14. The van der Waals surface area contributed by atoms with Crippen molar-refractivity contribution in [1.29, 1.82) is 0 Å². The predicted octanol–water partition coefficient (Wildman–Crippen LogP) is 6.68. The van der Waals surface area contributed by atoms with Gasteiger partial charge in [0.25, 0.3) is 0 Å². The quantitative estimate of drug-likeness (QED) is 0.269. The van der Waals surface area contributed by atoms with Crippen molar-refractivity contribution in [2.75, 3.05) is 13.1 Å². The molecular formula is C27H31N5O2. The molecule has 0 spiro atoms. The summed E-state index contributed by atoms with van der Waals surface area (Å²) < 4.78 is 1.85. The third-order valence-corrected chi connectivity index (χ3v) is 5.97. The van der Waals surface area contributed by atoms with Gasteiger partial charge in [0.2, 0.25) is 5.88 Å².